The van der Waals surface area contributed by atoms with E-state index in [9.17, 15) is 8.78 Å². The molecule has 19 heavy (non-hydrogen) atoms. The van der Waals surface area contributed by atoms with E-state index in [1.807, 2.05) is 0 Å². The lowest BCUT2D eigenvalue weighted by molar-refractivity contribution is 0.537. The highest BCUT2D eigenvalue weighted by Crippen LogP contribution is 2.35. The van der Waals surface area contributed by atoms with Crippen molar-refractivity contribution in [1.82, 2.24) is 0 Å². The van der Waals surface area contributed by atoms with Crippen LogP contribution in [0.1, 0.15) is 5.56 Å². The van der Waals surface area contributed by atoms with E-state index < -0.39 is 11.6 Å². The predicted octanol–water partition coefficient (Wildman–Crippen LogP) is 4.88. The molecule has 0 saturated heterocycles. The lowest BCUT2D eigenvalue weighted by Gasteiger charge is -2.07. The Hall–Kier alpha value is -0.810. The summed E-state index contributed by atoms with van der Waals surface area (Å²) in [4.78, 5) is 0.517. The number of nitrogens with two attached hydrogens (primary N) is 1. The van der Waals surface area contributed by atoms with E-state index in [2.05, 4.69) is 0 Å². The summed E-state index contributed by atoms with van der Waals surface area (Å²) < 4.78 is 27.6. The number of hydrogen-bond acceptors (Lipinski definition) is 2. The SMILES string of the molecule is NCc1cc(F)c(Sc2ccc(Cl)c(Cl)c2)c(F)c1. The van der Waals surface area contributed by atoms with Gasteiger partial charge in [0.2, 0.25) is 0 Å². The van der Waals surface area contributed by atoms with Crippen molar-refractivity contribution in [3.8, 4) is 0 Å². The van der Waals surface area contributed by atoms with Gasteiger partial charge in [-0.05, 0) is 35.9 Å². The molecule has 0 spiro atoms. The molecule has 0 atom stereocenters. The van der Waals surface area contributed by atoms with Crippen LogP contribution in [0.4, 0.5) is 8.78 Å². The molecule has 0 aliphatic carbocycles. The number of benzene rings is 2. The molecule has 0 bridgehead atoms. The van der Waals surface area contributed by atoms with Gasteiger partial charge in [0.25, 0.3) is 0 Å². The molecule has 0 saturated carbocycles. The largest absolute Gasteiger partial charge is 0.326 e. The molecule has 0 aliphatic rings. The predicted molar refractivity (Wildman–Crippen MR) is 74.8 cm³/mol. The van der Waals surface area contributed by atoms with E-state index in [1.165, 1.54) is 12.1 Å². The monoisotopic (exact) mass is 319 g/mol. The first-order valence-corrected chi connectivity index (χ1v) is 6.89. The average Bonchev–Trinajstić information content (AvgIpc) is 2.37. The van der Waals surface area contributed by atoms with E-state index in [-0.39, 0.29) is 11.4 Å². The quantitative estimate of drug-likeness (QED) is 0.872. The second kappa shape index (κ2) is 6.09. The van der Waals surface area contributed by atoms with Crippen molar-refractivity contribution < 1.29 is 8.78 Å². The van der Waals surface area contributed by atoms with Crippen LogP contribution < -0.4 is 5.73 Å². The average molecular weight is 320 g/mol. The van der Waals surface area contributed by atoms with Crippen molar-refractivity contribution in [3.05, 3.63) is 57.6 Å². The van der Waals surface area contributed by atoms with E-state index in [0.717, 1.165) is 11.8 Å². The first kappa shape index (κ1) is 14.6. The summed E-state index contributed by atoms with van der Waals surface area (Å²) in [6, 6.07) is 7.24. The third-order valence-corrected chi connectivity index (χ3v) is 4.23. The summed E-state index contributed by atoms with van der Waals surface area (Å²) in [5, 5.41) is 0.733. The first-order valence-electron chi connectivity index (χ1n) is 5.32. The van der Waals surface area contributed by atoms with Gasteiger partial charge in [-0.15, -0.1) is 0 Å². The summed E-state index contributed by atoms with van der Waals surface area (Å²) in [6.45, 7) is 0.0888. The molecule has 2 rings (SSSR count). The zero-order valence-electron chi connectivity index (χ0n) is 9.59. The standard InChI is InChI=1S/C13H9Cl2F2NS/c14-9-2-1-8(5-10(9)15)19-13-11(16)3-7(6-18)4-12(13)17/h1-5H,6,18H2. The zero-order chi connectivity index (χ0) is 14.0. The summed E-state index contributed by atoms with van der Waals surface area (Å²) in [7, 11) is 0. The van der Waals surface area contributed by atoms with Crippen LogP contribution >= 0.6 is 35.0 Å². The van der Waals surface area contributed by atoms with Crippen LogP contribution in [-0.4, -0.2) is 0 Å². The minimum Gasteiger partial charge on any atom is -0.326 e. The molecule has 0 heterocycles. The highest BCUT2D eigenvalue weighted by atomic mass is 35.5. The van der Waals surface area contributed by atoms with Crippen LogP contribution in [0, 0.1) is 11.6 Å². The van der Waals surface area contributed by atoms with Gasteiger partial charge >= 0.3 is 0 Å². The van der Waals surface area contributed by atoms with E-state index >= 15 is 0 Å². The van der Waals surface area contributed by atoms with Gasteiger partial charge in [0.1, 0.15) is 11.6 Å². The van der Waals surface area contributed by atoms with Crippen molar-refractivity contribution in [3.63, 3.8) is 0 Å². The van der Waals surface area contributed by atoms with Gasteiger partial charge in [0, 0.05) is 11.4 Å². The Morgan fingerprint density at radius 2 is 1.63 bits per heavy atom. The fourth-order valence-corrected chi connectivity index (χ4v) is 2.71. The molecule has 6 heteroatoms. The molecule has 2 N–H and O–H groups in total. The maximum Gasteiger partial charge on any atom is 0.140 e. The Morgan fingerprint density at radius 1 is 1.00 bits per heavy atom. The maximum absolute atomic E-state index is 13.8. The number of rotatable bonds is 3. The molecule has 0 aliphatic heterocycles. The molecular formula is C13H9Cl2F2NS. The minimum absolute atomic E-state index is 0.0874. The van der Waals surface area contributed by atoms with Crippen LogP contribution in [0.2, 0.25) is 10.0 Å². The lowest BCUT2D eigenvalue weighted by atomic mass is 10.2. The Bertz CT molecular complexity index is 597. The van der Waals surface area contributed by atoms with Crippen LogP contribution in [0.5, 0.6) is 0 Å². The van der Waals surface area contributed by atoms with Gasteiger partial charge in [-0.3, -0.25) is 0 Å². The van der Waals surface area contributed by atoms with Gasteiger partial charge in [0.15, 0.2) is 0 Å². The van der Waals surface area contributed by atoms with Gasteiger partial charge in [-0.2, -0.15) is 0 Å². The second-order valence-corrected chi connectivity index (χ2v) is 5.67. The van der Waals surface area contributed by atoms with Crippen LogP contribution in [0.3, 0.4) is 0 Å². The molecular weight excluding hydrogens is 311 g/mol. The Morgan fingerprint density at radius 3 is 2.16 bits per heavy atom. The summed E-state index contributed by atoms with van der Waals surface area (Å²) in [5.74, 6) is -1.28. The molecule has 2 aromatic rings. The number of halogens is 4. The minimum atomic E-state index is -0.642. The fourth-order valence-electron chi connectivity index (χ4n) is 1.49. The highest BCUT2D eigenvalue weighted by molar-refractivity contribution is 7.99. The summed E-state index contributed by atoms with van der Waals surface area (Å²) in [5.41, 5.74) is 5.77. The zero-order valence-corrected chi connectivity index (χ0v) is 11.9. The molecule has 0 unspecified atom stereocenters. The third-order valence-electron chi connectivity index (χ3n) is 2.40. The van der Waals surface area contributed by atoms with Crippen LogP contribution in [0.25, 0.3) is 0 Å². The van der Waals surface area contributed by atoms with Crippen molar-refractivity contribution in [2.75, 3.05) is 0 Å². The van der Waals surface area contributed by atoms with Gasteiger partial charge in [-0.1, -0.05) is 35.0 Å². The fraction of sp³-hybridized carbons (Fsp3) is 0.0769. The van der Waals surface area contributed by atoms with Crippen molar-refractivity contribution in [1.29, 1.82) is 0 Å². The van der Waals surface area contributed by atoms with Crippen LogP contribution in [-0.2, 0) is 6.54 Å². The summed E-state index contributed by atoms with van der Waals surface area (Å²) in [6.07, 6.45) is 0. The van der Waals surface area contributed by atoms with Crippen molar-refractivity contribution in [2.24, 2.45) is 5.73 Å². The highest BCUT2D eigenvalue weighted by Gasteiger charge is 2.13. The lowest BCUT2D eigenvalue weighted by Crippen LogP contribution is -1.99. The summed E-state index contributed by atoms with van der Waals surface area (Å²) >= 11 is 12.6. The molecule has 0 fully saturated rings. The molecule has 100 valence electrons. The Kier molecular flexibility index (Phi) is 4.68. The molecule has 1 nitrogen and oxygen atoms in total. The van der Waals surface area contributed by atoms with E-state index in [4.69, 9.17) is 28.9 Å². The Labute approximate surface area is 123 Å². The van der Waals surface area contributed by atoms with Crippen molar-refractivity contribution in [2.45, 2.75) is 16.3 Å². The normalized spacial score (nSPS) is 10.8. The van der Waals surface area contributed by atoms with E-state index in [0.29, 0.717) is 20.5 Å². The van der Waals surface area contributed by atoms with Gasteiger partial charge in [0.05, 0.1) is 14.9 Å². The third kappa shape index (κ3) is 3.39. The molecule has 2 aromatic carbocycles. The molecule has 0 radical (unpaired) electrons. The second-order valence-electron chi connectivity index (χ2n) is 3.77. The molecule has 0 amide bonds. The Balaban J connectivity index is 2.35. The smallest absolute Gasteiger partial charge is 0.140 e. The maximum atomic E-state index is 13.8. The number of hydrogen-bond donors (Lipinski definition) is 1. The van der Waals surface area contributed by atoms with Gasteiger partial charge < -0.3 is 5.73 Å². The van der Waals surface area contributed by atoms with E-state index in [1.54, 1.807) is 18.2 Å². The van der Waals surface area contributed by atoms with Gasteiger partial charge in [-0.25, -0.2) is 8.78 Å². The topological polar surface area (TPSA) is 26.0 Å². The molecule has 0 aromatic heterocycles. The first-order chi connectivity index (χ1) is 9.01. The van der Waals surface area contributed by atoms with Crippen molar-refractivity contribution >= 4 is 35.0 Å². The van der Waals surface area contributed by atoms with Crippen LogP contribution in [0.15, 0.2) is 40.1 Å².